The maximum atomic E-state index is 5.14. The van der Waals surface area contributed by atoms with Gasteiger partial charge in [-0.15, -0.1) is 0 Å². The Bertz CT molecular complexity index is 2480. The van der Waals surface area contributed by atoms with Gasteiger partial charge in [-0.2, -0.15) is 0 Å². The van der Waals surface area contributed by atoms with E-state index in [0.29, 0.717) is 0 Å². The fourth-order valence-corrected chi connectivity index (χ4v) is 12.5. The Morgan fingerprint density at radius 2 is 0.716 bits per heavy atom. The van der Waals surface area contributed by atoms with Gasteiger partial charge in [-0.3, -0.25) is 9.98 Å². The van der Waals surface area contributed by atoms with Crippen LogP contribution >= 0.6 is 0 Å². The number of benzene rings is 6. The van der Waals surface area contributed by atoms with Crippen LogP contribution in [-0.2, 0) is 17.3 Å². The number of hydrogen-bond acceptors (Lipinski definition) is 2. The van der Waals surface area contributed by atoms with Crippen molar-refractivity contribution in [3.63, 3.8) is 0 Å². The van der Waals surface area contributed by atoms with E-state index < -0.39 is 0 Å². The molecule has 0 saturated carbocycles. The van der Waals surface area contributed by atoms with E-state index in [1.165, 1.54) is 195 Å². The van der Waals surface area contributed by atoms with Gasteiger partial charge in [0.25, 0.3) is 0 Å². The quantitative estimate of drug-likeness (QED) is 0.0427. The van der Waals surface area contributed by atoms with Crippen LogP contribution < -0.4 is 0 Å². The van der Waals surface area contributed by atoms with Crippen LogP contribution in [0.1, 0.15) is 201 Å². The molecule has 6 aromatic carbocycles. The Morgan fingerprint density at radius 1 is 0.358 bits per heavy atom. The Kier molecular flexibility index (Phi) is 15.2. The Labute approximate surface area is 404 Å². The van der Waals surface area contributed by atoms with Crippen LogP contribution in [-0.4, -0.2) is 12.4 Å². The highest BCUT2D eigenvalue weighted by Crippen LogP contribution is 2.56. The van der Waals surface area contributed by atoms with Gasteiger partial charge < -0.3 is 0 Å². The SMILES string of the molecule is CCCCCCC1(CCCCCC)c2ccccc2-c2ccc(C=Nc3ccc4c(c3)Cc3cc(N=Cc5ccc6c(c5)C(CCCCCC)(CCCCCC)c5ccccc5-6)ccc3-4)cc21. The molecule has 3 aliphatic carbocycles. The molecule has 0 aromatic heterocycles. The number of fused-ring (bicyclic) bond motifs is 9. The minimum absolute atomic E-state index is 0.0836. The summed E-state index contributed by atoms with van der Waals surface area (Å²) in [4.78, 5) is 10.3. The number of hydrogen-bond donors (Lipinski definition) is 0. The lowest BCUT2D eigenvalue weighted by molar-refractivity contribution is 0.401. The van der Waals surface area contributed by atoms with E-state index in [0.717, 1.165) is 17.8 Å². The number of aliphatic imine (C=N–C) groups is 2. The first kappa shape index (κ1) is 46.8. The first-order chi connectivity index (χ1) is 33.0. The summed E-state index contributed by atoms with van der Waals surface area (Å²) in [5, 5.41) is 0. The summed E-state index contributed by atoms with van der Waals surface area (Å²) in [7, 11) is 0. The van der Waals surface area contributed by atoms with Crippen molar-refractivity contribution in [3.05, 3.63) is 166 Å². The molecule has 9 rings (SSSR count). The zero-order chi connectivity index (χ0) is 46.1. The molecule has 0 N–H and O–H groups in total. The maximum absolute atomic E-state index is 5.14. The van der Waals surface area contributed by atoms with E-state index in [1.54, 1.807) is 11.1 Å². The zero-order valence-electron chi connectivity index (χ0n) is 41.4. The largest absolute Gasteiger partial charge is 0.256 e. The highest BCUT2D eigenvalue weighted by atomic mass is 14.7. The predicted molar refractivity (Wildman–Crippen MR) is 290 cm³/mol. The lowest BCUT2D eigenvalue weighted by atomic mass is 9.70. The van der Waals surface area contributed by atoms with Crippen molar-refractivity contribution >= 4 is 23.8 Å². The standard InChI is InChI=1S/C65H76N2/c1-5-9-13-21-37-64(38-22-14-10-6-2)60-27-19-17-25-56(60)58-33-29-48(41-62(58)64)46-66-52-31-35-54-50(44-52)43-51-45-53(32-36-55(51)54)67-47-49-30-34-59-57-26-18-20-28-61(57)65(63(59)42-49,39-23-15-11-7-3)40-24-16-12-8-4/h17-20,25-36,41-42,44-47H,5-16,21-24,37-40,43H2,1-4H3. The molecular formula is C65H76N2. The smallest absolute Gasteiger partial charge is 0.0633 e. The molecule has 67 heavy (non-hydrogen) atoms. The molecule has 2 heteroatoms. The summed E-state index contributed by atoms with van der Waals surface area (Å²) < 4.78 is 0. The molecule has 0 bridgehead atoms. The average Bonchev–Trinajstić information content (AvgIpc) is 3.96. The molecule has 0 fully saturated rings. The minimum Gasteiger partial charge on any atom is -0.256 e. The van der Waals surface area contributed by atoms with Gasteiger partial charge in [0.15, 0.2) is 0 Å². The number of nitrogens with zero attached hydrogens (tertiary/aromatic N) is 2. The lowest BCUT2D eigenvalue weighted by Crippen LogP contribution is -2.25. The first-order valence-corrected chi connectivity index (χ1v) is 26.8. The minimum atomic E-state index is 0.0836. The van der Waals surface area contributed by atoms with Gasteiger partial charge in [0.2, 0.25) is 0 Å². The molecule has 0 spiro atoms. The monoisotopic (exact) mass is 885 g/mol. The second kappa shape index (κ2) is 21.7. The van der Waals surface area contributed by atoms with E-state index in [2.05, 4.69) is 161 Å². The molecule has 0 aliphatic heterocycles. The molecule has 0 amide bonds. The van der Waals surface area contributed by atoms with Crippen molar-refractivity contribution in [1.29, 1.82) is 0 Å². The van der Waals surface area contributed by atoms with Gasteiger partial charge in [0.1, 0.15) is 0 Å². The maximum Gasteiger partial charge on any atom is 0.0633 e. The van der Waals surface area contributed by atoms with Crippen LogP contribution in [0.25, 0.3) is 33.4 Å². The molecule has 0 saturated heterocycles. The van der Waals surface area contributed by atoms with E-state index in [4.69, 9.17) is 9.98 Å². The van der Waals surface area contributed by atoms with E-state index in [1.807, 2.05) is 0 Å². The van der Waals surface area contributed by atoms with Crippen LogP contribution in [0, 0.1) is 0 Å². The Balaban J connectivity index is 0.928. The summed E-state index contributed by atoms with van der Waals surface area (Å²) in [6.45, 7) is 9.28. The van der Waals surface area contributed by atoms with Gasteiger partial charge in [-0.1, -0.05) is 215 Å². The topological polar surface area (TPSA) is 24.7 Å². The second-order valence-corrected chi connectivity index (χ2v) is 20.5. The predicted octanol–water partition coefficient (Wildman–Crippen LogP) is 19.2. The Morgan fingerprint density at radius 3 is 1.10 bits per heavy atom. The van der Waals surface area contributed by atoms with Gasteiger partial charge >= 0.3 is 0 Å². The van der Waals surface area contributed by atoms with Crippen molar-refractivity contribution in [1.82, 2.24) is 0 Å². The third kappa shape index (κ3) is 9.70. The average molecular weight is 885 g/mol. The van der Waals surface area contributed by atoms with Crippen LogP contribution in [0.2, 0.25) is 0 Å². The molecular weight excluding hydrogens is 809 g/mol. The van der Waals surface area contributed by atoms with Crippen LogP contribution in [0.4, 0.5) is 11.4 Å². The lowest BCUT2D eigenvalue weighted by Gasteiger charge is -2.33. The number of unbranched alkanes of at least 4 members (excludes halogenated alkanes) is 12. The molecule has 2 nitrogen and oxygen atoms in total. The molecule has 0 radical (unpaired) electrons. The van der Waals surface area contributed by atoms with Gasteiger partial charge in [-0.25, -0.2) is 0 Å². The van der Waals surface area contributed by atoms with E-state index in [9.17, 15) is 0 Å². The third-order valence-corrected chi connectivity index (χ3v) is 16.0. The first-order valence-electron chi connectivity index (χ1n) is 26.8. The normalized spacial score (nSPS) is 14.6. The van der Waals surface area contributed by atoms with Crippen LogP contribution in [0.15, 0.2) is 131 Å². The third-order valence-electron chi connectivity index (χ3n) is 16.0. The van der Waals surface area contributed by atoms with E-state index in [-0.39, 0.29) is 10.8 Å². The molecule has 6 aromatic rings. The molecule has 3 aliphatic rings. The second-order valence-electron chi connectivity index (χ2n) is 20.5. The highest BCUT2D eigenvalue weighted by Gasteiger charge is 2.43. The fourth-order valence-electron chi connectivity index (χ4n) is 12.5. The number of rotatable bonds is 24. The van der Waals surface area contributed by atoms with Crippen molar-refractivity contribution in [2.45, 2.75) is 173 Å². The van der Waals surface area contributed by atoms with Gasteiger partial charge in [0.05, 0.1) is 11.4 Å². The van der Waals surface area contributed by atoms with Gasteiger partial charge in [-0.05, 0) is 146 Å². The van der Waals surface area contributed by atoms with Crippen molar-refractivity contribution in [3.8, 4) is 33.4 Å². The van der Waals surface area contributed by atoms with E-state index >= 15 is 0 Å². The zero-order valence-corrected chi connectivity index (χ0v) is 41.4. The summed E-state index contributed by atoms with van der Waals surface area (Å²) in [5.41, 5.74) is 21.8. The fraction of sp³-hybridized carbons (Fsp3) is 0.415. The van der Waals surface area contributed by atoms with Crippen LogP contribution in [0.3, 0.4) is 0 Å². The Hall–Kier alpha value is -5.34. The molecule has 0 heterocycles. The van der Waals surface area contributed by atoms with Crippen molar-refractivity contribution in [2.75, 3.05) is 0 Å². The van der Waals surface area contributed by atoms with Crippen molar-refractivity contribution in [2.24, 2.45) is 9.98 Å². The summed E-state index contributed by atoms with van der Waals surface area (Å²) >= 11 is 0. The summed E-state index contributed by atoms with van der Waals surface area (Å²) in [5.74, 6) is 0. The highest BCUT2D eigenvalue weighted by molar-refractivity contribution is 5.90. The summed E-state index contributed by atoms with van der Waals surface area (Å²) in [6, 6.07) is 46.5. The molecule has 0 atom stereocenters. The molecule has 0 unspecified atom stereocenters. The van der Waals surface area contributed by atoms with Gasteiger partial charge in [0, 0.05) is 23.3 Å². The van der Waals surface area contributed by atoms with Crippen LogP contribution in [0.5, 0.6) is 0 Å². The molecule has 346 valence electrons. The summed E-state index contributed by atoms with van der Waals surface area (Å²) in [6.07, 6.45) is 30.8. The van der Waals surface area contributed by atoms with Crippen molar-refractivity contribution < 1.29 is 0 Å².